The number of carbonyl (C=O) groups is 1. The van der Waals surface area contributed by atoms with Gasteiger partial charge < -0.3 is 43.8 Å². The number of phosphoric acid groups is 1. The number of hydrogen-bond donors (Lipinski definition) is 6. The molecule has 13 nitrogen and oxygen atoms in total. The van der Waals surface area contributed by atoms with E-state index in [0.717, 1.165) is 10.9 Å². The van der Waals surface area contributed by atoms with Gasteiger partial charge in [0.25, 0.3) is 5.91 Å². The van der Waals surface area contributed by atoms with Crippen molar-refractivity contribution in [2.24, 2.45) is 5.73 Å². The minimum absolute atomic E-state index is 0.00929. The first-order valence-corrected chi connectivity index (χ1v) is 20.3. The van der Waals surface area contributed by atoms with Gasteiger partial charge in [-0.1, -0.05) is 64.6 Å². The highest BCUT2D eigenvalue weighted by Gasteiger charge is 2.34. The number of nitrogens with zero attached hydrogens (tertiary/aromatic N) is 1. The Morgan fingerprint density at radius 1 is 1.12 bits per heavy atom. The van der Waals surface area contributed by atoms with Gasteiger partial charge in [0, 0.05) is 43.6 Å². The van der Waals surface area contributed by atoms with Gasteiger partial charge >= 0.3 is 16.4 Å². The molecule has 0 saturated heterocycles. The molecule has 0 aliphatic carbocycles. The number of nitrogens with one attached hydrogen (secondary N) is 1. The largest absolute Gasteiger partial charge is 0.534 e. The number of rotatable bonds is 14. The number of aromatic nitrogens is 1. The molecule has 50 heavy (non-hydrogen) atoms. The summed E-state index contributed by atoms with van der Waals surface area (Å²) in [5, 5.41) is 1.27. The Labute approximate surface area is 311 Å². The number of benzene rings is 2. The molecule has 0 spiro atoms. The number of hydrogen-bond acceptors (Lipinski definition) is 12. The van der Waals surface area contributed by atoms with E-state index in [2.05, 4.69) is 46.5 Å². The number of aromatic amines is 1. The highest BCUT2D eigenvalue weighted by Crippen LogP contribution is 2.57. The Morgan fingerprint density at radius 3 is 2.28 bits per heavy atom. The molecule has 0 saturated carbocycles. The molecule has 1 aromatic heterocycles. The van der Waals surface area contributed by atoms with Gasteiger partial charge in [-0.25, -0.2) is 8.88 Å². The Hall–Kier alpha value is -2.26. The maximum atomic E-state index is 13.9. The van der Waals surface area contributed by atoms with E-state index in [1.54, 1.807) is 29.2 Å². The molecule has 5 N–H and O–H groups in total. The fourth-order valence-electron chi connectivity index (χ4n) is 4.69. The molecule has 2 aromatic carbocycles. The second-order valence-corrected chi connectivity index (χ2v) is 11.4. The van der Waals surface area contributed by atoms with Gasteiger partial charge in [0.05, 0.1) is 32.2 Å². The van der Waals surface area contributed by atoms with Gasteiger partial charge in [-0.15, -0.1) is 34.9 Å². The first-order valence-electron chi connectivity index (χ1n) is 15.3. The van der Waals surface area contributed by atoms with Crippen molar-refractivity contribution in [1.82, 2.24) is 4.98 Å². The predicted octanol–water partition coefficient (Wildman–Crippen LogP) is 7.98. The van der Waals surface area contributed by atoms with Crippen LogP contribution in [-0.2, 0) is 34.0 Å². The second kappa shape index (κ2) is 25.7. The summed E-state index contributed by atoms with van der Waals surface area (Å²) in [5.41, 5.74) is 8.04. The van der Waals surface area contributed by atoms with Gasteiger partial charge in [0.15, 0.2) is 11.5 Å². The van der Waals surface area contributed by atoms with E-state index in [4.69, 9.17) is 33.3 Å². The van der Waals surface area contributed by atoms with Gasteiger partial charge in [-0.3, -0.25) is 9.69 Å². The van der Waals surface area contributed by atoms with Crippen LogP contribution in [0.5, 0.6) is 5.75 Å². The van der Waals surface area contributed by atoms with E-state index in [0.29, 0.717) is 46.8 Å². The summed E-state index contributed by atoms with van der Waals surface area (Å²) in [4.78, 5) is 38.8. The topological polar surface area (TPSA) is 175 Å². The molecule has 18 heteroatoms. The number of ether oxygens (including phenoxy) is 3. The van der Waals surface area contributed by atoms with Crippen molar-refractivity contribution in [3.05, 3.63) is 71.3 Å². The molecule has 282 valence electrons. The van der Waals surface area contributed by atoms with E-state index in [-0.39, 0.29) is 37.1 Å². The Kier molecular flexibility index (Phi) is 24.5. The minimum atomic E-state index is -4.83. The summed E-state index contributed by atoms with van der Waals surface area (Å²) >= 11 is 11.1. The summed E-state index contributed by atoms with van der Waals surface area (Å²) in [6, 6.07) is 10.3. The van der Waals surface area contributed by atoms with Crippen LogP contribution in [0.2, 0.25) is 0 Å². The molecule has 0 bridgehead atoms. The van der Waals surface area contributed by atoms with Crippen molar-refractivity contribution in [2.75, 3.05) is 58.9 Å². The first kappa shape index (κ1) is 47.7. The van der Waals surface area contributed by atoms with Crippen LogP contribution in [0, 0.1) is 0 Å². The van der Waals surface area contributed by atoms with Crippen molar-refractivity contribution >= 4 is 85.5 Å². The summed E-state index contributed by atoms with van der Waals surface area (Å²) in [6.45, 7) is 12.4. The number of H-pyrrole nitrogens is 1. The number of methoxy groups -OCH3 is 3. The van der Waals surface area contributed by atoms with E-state index >= 15 is 0 Å². The average Bonchev–Trinajstić information content (AvgIpc) is 3.78. The Bertz CT molecular complexity index is 1560. The molecular weight excluding hydrogens is 748 g/mol. The van der Waals surface area contributed by atoms with Crippen LogP contribution in [0.3, 0.4) is 0 Å². The molecule has 2 unspecified atom stereocenters. The maximum Gasteiger partial charge on any atom is 0.534 e. The van der Waals surface area contributed by atoms with Crippen LogP contribution in [0.4, 0.5) is 5.69 Å². The number of thiol groups is 2. The third-order valence-corrected chi connectivity index (χ3v) is 8.64. The number of phosphoric ester groups is 1. The molecule has 4 rings (SSSR count). The average molecular weight is 798 g/mol. The van der Waals surface area contributed by atoms with Crippen LogP contribution >= 0.6 is 51.3 Å². The lowest BCUT2D eigenvalue weighted by Gasteiger charge is -2.20. The molecule has 2 heterocycles. The Balaban J connectivity index is 0.00000280. The third-order valence-electron chi connectivity index (χ3n) is 6.43. The highest BCUT2D eigenvalue weighted by atomic mass is 35.5. The standard InChI is InChI=1S/C27H33N3O10P2.2C2H6.CH3Cl.H2S2/c1-5-17-14-21(29-25(17)26(37-4)24(36-3)16-35-2)27(31)30-12-10-19-18-8-6-7-9-20(18)23(15-22(19)30)39-42(33,34)40-41(32)38-13-11-28;4*1-2/h5-9,14-15,29,32H,1,10-13,16,28H2,2-4H3,(H,33,34);2*1-2H3;1H3;1-2H/b26-24-;;;;. The number of carbonyl (C=O) groups excluding carboxylic acids is 1. The molecule has 1 aliphatic heterocycles. The number of anilines is 1. The molecule has 1 aliphatic rings. The molecular formula is C32H50ClN3O10P2S2. The van der Waals surface area contributed by atoms with Crippen molar-refractivity contribution in [3.63, 3.8) is 0 Å². The zero-order valence-electron chi connectivity index (χ0n) is 29.6. The van der Waals surface area contributed by atoms with E-state index < -0.39 is 16.4 Å². The van der Waals surface area contributed by atoms with Crippen LogP contribution in [0.15, 0.2) is 48.7 Å². The zero-order valence-corrected chi connectivity index (χ0v) is 34.0. The third kappa shape index (κ3) is 12.8. The maximum absolute atomic E-state index is 13.9. The van der Waals surface area contributed by atoms with Crippen molar-refractivity contribution in [1.29, 1.82) is 0 Å². The van der Waals surface area contributed by atoms with Gasteiger partial charge in [-0.05, 0) is 23.4 Å². The van der Waals surface area contributed by atoms with Crippen molar-refractivity contribution < 1.29 is 46.7 Å². The minimum Gasteiger partial charge on any atom is -0.495 e. The summed E-state index contributed by atoms with van der Waals surface area (Å²) in [7, 11) is -3.04. The number of alkyl halides is 1. The lowest BCUT2D eigenvalue weighted by Crippen LogP contribution is -2.29. The number of fused-ring (bicyclic) bond motifs is 3. The van der Waals surface area contributed by atoms with Crippen LogP contribution in [-0.4, -0.2) is 74.7 Å². The fourth-order valence-corrected chi connectivity index (χ4v) is 6.38. The summed E-state index contributed by atoms with van der Waals surface area (Å²) in [6.07, 6.45) is 3.60. The fraction of sp³-hybridized carbons (Fsp3) is 0.406. The number of halogens is 1. The predicted molar refractivity (Wildman–Crippen MR) is 211 cm³/mol. The highest BCUT2D eigenvalue weighted by molar-refractivity contribution is 8.59. The molecule has 0 radical (unpaired) electrons. The van der Waals surface area contributed by atoms with E-state index in [1.165, 1.54) is 33.8 Å². The second-order valence-electron chi connectivity index (χ2n) is 8.94. The molecule has 2 atom stereocenters. The zero-order chi connectivity index (χ0) is 38.4. The number of amides is 1. The normalized spacial score (nSPS) is 13.5. The van der Waals surface area contributed by atoms with Crippen LogP contribution < -0.4 is 15.2 Å². The molecule has 3 aromatic rings. The van der Waals surface area contributed by atoms with Crippen LogP contribution in [0.25, 0.3) is 22.6 Å². The lowest BCUT2D eigenvalue weighted by atomic mass is 10.0. The van der Waals surface area contributed by atoms with Gasteiger partial charge in [0.2, 0.25) is 0 Å². The van der Waals surface area contributed by atoms with Gasteiger partial charge in [0.1, 0.15) is 18.1 Å². The molecule has 0 fully saturated rings. The smallest absolute Gasteiger partial charge is 0.495 e. The van der Waals surface area contributed by atoms with Crippen molar-refractivity contribution in [3.8, 4) is 5.75 Å². The first-order chi connectivity index (χ1) is 24.2. The number of nitrogens with two attached hydrogens (primary N) is 1. The van der Waals surface area contributed by atoms with E-state index in [9.17, 15) is 19.1 Å². The lowest BCUT2D eigenvalue weighted by molar-refractivity contribution is 0.0985. The summed E-state index contributed by atoms with van der Waals surface area (Å²) in [5.74, 6) is 0.405. The van der Waals surface area contributed by atoms with Crippen LogP contribution in [0.1, 0.15) is 55.0 Å². The van der Waals surface area contributed by atoms with Crippen molar-refractivity contribution in [2.45, 2.75) is 34.1 Å². The van der Waals surface area contributed by atoms with E-state index in [1.807, 2.05) is 39.8 Å². The molecule has 1 amide bonds. The summed E-state index contributed by atoms with van der Waals surface area (Å²) < 4.78 is 44.0. The SMILES string of the molecule is C=Cc1cc(C(=O)N2CCc3c2cc(OP(=O)(O)OP(O)OCCN)c2ccccc32)[nH]c1/C(OC)=C(\COC)OC.CC.CC.CCl.SS. The van der Waals surface area contributed by atoms with Gasteiger partial charge in [-0.2, -0.15) is 0 Å². The quantitative estimate of drug-likeness (QED) is 0.0307. The Morgan fingerprint density at radius 2 is 1.74 bits per heavy atom. The monoisotopic (exact) mass is 797 g/mol.